The zero-order chi connectivity index (χ0) is 19.7. The molecule has 1 N–H and O–H groups in total. The molecule has 2 atom stereocenters. The van der Waals surface area contributed by atoms with Crippen molar-refractivity contribution in [1.29, 1.82) is 0 Å². The Morgan fingerprint density at radius 3 is 2.27 bits per heavy atom. The highest BCUT2D eigenvalue weighted by atomic mass is 32.2. The highest BCUT2D eigenvalue weighted by Crippen LogP contribution is 2.32. The Labute approximate surface area is 157 Å². The van der Waals surface area contributed by atoms with Gasteiger partial charge in [-0.3, -0.25) is 4.79 Å². The van der Waals surface area contributed by atoms with Gasteiger partial charge in [-0.2, -0.15) is 4.31 Å². The molecule has 0 aromatic heterocycles. The largest absolute Gasteiger partial charge is 0.495 e. The third-order valence-corrected chi connectivity index (χ3v) is 6.22. The van der Waals surface area contributed by atoms with Crippen molar-refractivity contribution in [2.75, 3.05) is 20.2 Å². The molecule has 1 aromatic rings. The van der Waals surface area contributed by atoms with Crippen LogP contribution in [0.25, 0.3) is 0 Å². The lowest BCUT2D eigenvalue weighted by Gasteiger charge is -2.34. The molecule has 26 heavy (non-hydrogen) atoms. The second kappa shape index (κ2) is 7.56. The standard InChI is InChI=1S/C19H30N2O4S/c1-13-9-14(2)12-21(11-13)26(23,24)17-10-15(7-8-16(17)25-6)18(22)20-19(3,4)5/h7-8,10,13-14H,9,11-12H2,1-6H3,(H,20,22). The van der Waals surface area contributed by atoms with Crippen LogP contribution in [-0.2, 0) is 10.0 Å². The van der Waals surface area contributed by atoms with E-state index in [1.807, 2.05) is 20.8 Å². The number of benzene rings is 1. The van der Waals surface area contributed by atoms with Crippen molar-refractivity contribution >= 4 is 15.9 Å². The fraction of sp³-hybridized carbons (Fsp3) is 0.632. The molecule has 1 aliphatic rings. The molecule has 0 spiro atoms. The fourth-order valence-electron chi connectivity index (χ4n) is 3.37. The first-order valence-electron chi connectivity index (χ1n) is 8.94. The van der Waals surface area contributed by atoms with Gasteiger partial charge in [0.05, 0.1) is 7.11 Å². The monoisotopic (exact) mass is 382 g/mol. The lowest BCUT2D eigenvalue weighted by Crippen LogP contribution is -2.43. The molecule has 0 saturated carbocycles. The predicted octanol–water partition coefficient (Wildman–Crippen LogP) is 2.89. The van der Waals surface area contributed by atoms with Crippen LogP contribution >= 0.6 is 0 Å². The SMILES string of the molecule is COc1ccc(C(=O)NC(C)(C)C)cc1S(=O)(=O)N1CC(C)CC(C)C1. The average molecular weight is 383 g/mol. The van der Waals surface area contributed by atoms with E-state index in [0.29, 0.717) is 30.5 Å². The summed E-state index contributed by atoms with van der Waals surface area (Å²) in [6.07, 6.45) is 1.01. The summed E-state index contributed by atoms with van der Waals surface area (Å²) in [4.78, 5) is 12.5. The van der Waals surface area contributed by atoms with E-state index < -0.39 is 15.6 Å². The second-order valence-corrected chi connectivity index (χ2v) is 10.2. The number of piperidine rings is 1. The van der Waals surface area contributed by atoms with Crippen LogP contribution in [0.3, 0.4) is 0 Å². The van der Waals surface area contributed by atoms with Gasteiger partial charge in [0.1, 0.15) is 10.6 Å². The number of nitrogens with zero attached hydrogens (tertiary/aromatic N) is 1. The third-order valence-electron chi connectivity index (χ3n) is 4.37. The van der Waals surface area contributed by atoms with Crippen molar-refractivity contribution in [2.45, 2.75) is 51.5 Å². The van der Waals surface area contributed by atoms with Crippen molar-refractivity contribution in [3.05, 3.63) is 23.8 Å². The molecule has 6 nitrogen and oxygen atoms in total. The molecule has 0 bridgehead atoms. The molecular weight excluding hydrogens is 352 g/mol. The number of nitrogens with one attached hydrogen (secondary N) is 1. The molecule has 0 radical (unpaired) electrons. The van der Waals surface area contributed by atoms with E-state index >= 15 is 0 Å². The minimum Gasteiger partial charge on any atom is -0.495 e. The maximum atomic E-state index is 13.2. The van der Waals surface area contributed by atoms with Gasteiger partial charge in [0.25, 0.3) is 5.91 Å². The van der Waals surface area contributed by atoms with Gasteiger partial charge in [-0.25, -0.2) is 8.42 Å². The molecule has 1 fully saturated rings. The summed E-state index contributed by atoms with van der Waals surface area (Å²) in [7, 11) is -2.31. The summed E-state index contributed by atoms with van der Waals surface area (Å²) in [5, 5.41) is 2.86. The first-order valence-corrected chi connectivity index (χ1v) is 10.4. The summed E-state index contributed by atoms with van der Waals surface area (Å²) >= 11 is 0. The molecule has 0 aliphatic carbocycles. The van der Waals surface area contributed by atoms with Gasteiger partial charge in [-0.1, -0.05) is 13.8 Å². The minimum atomic E-state index is -3.74. The van der Waals surface area contributed by atoms with Crippen LogP contribution in [-0.4, -0.2) is 44.4 Å². The van der Waals surface area contributed by atoms with Crippen molar-refractivity contribution in [3.8, 4) is 5.75 Å². The summed E-state index contributed by atoms with van der Waals surface area (Å²) < 4.78 is 33.2. The number of amides is 1. The minimum absolute atomic E-state index is 0.0443. The van der Waals surface area contributed by atoms with Crippen LogP contribution < -0.4 is 10.1 Å². The number of methoxy groups -OCH3 is 1. The first-order chi connectivity index (χ1) is 11.9. The highest BCUT2D eigenvalue weighted by molar-refractivity contribution is 7.89. The topological polar surface area (TPSA) is 75.7 Å². The number of hydrogen-bond donors (Lipinski definition) is 1. The summed E-state index contributed by atoms with van der Waals surface area (Å²) in [6.45, 7) is 10.7. The van der Waals surface area contributed by atoms with E-state index in [2.05, 4.69) is 19.2 Å². The lowest BCUT2D eigenvalue weighted by atomic mass is 9.94. The smallest absolute Gasteiger partial charge is 0.251 e. The molecule has 1 aromatic carbocycles. The van der Waals surface area contributed by atoms with Gasteiger partial charge in [0, 0.05) is 24.2 Å². The zero-order valence-corrected chi connectivity index (χ0v) is 17.3. The van der Waals surface area contributed by atoms with Crippen LogP contribution in [0, 0.1) is 11.8 Å². The zero-order valence-electron chi connectivity index (χ0n) is 16.5. The second-order valence-electron chi connectivity index (χ2n) is 8.34. The van der Waals surface area contributed by atoms with E-state index in [4.69, 9.17) is 4.74 Å². The van der Waals surface area contributed by atoms with E-state index in [1.54, 1.807) is 12.1 Å². The van der Waals surface area contributed by atoms with Crippen LogP contribution in [0.15, 0.2) is 23.1 Å². The summed E-state index contributed by atoms with van der Waals surface area (Å²) in [5.41, 5.74) is -0.106. The van der Waals surface area contributed by atoms with E-state index in [9.17, 15) is 13.2 Å². The van der Waals surface area contributed by atoms with E-state index in [0.717, 1.165) is 6.42 Å². The Bertz CT molecular complexity index is 758. The Morgan fingerprint density at radius 1 is 1.19 bits per heavy atom. The molecule has 7 heteroatoms. The number of sulfonamides is 1. The van der Waals surface area contributed by atoms with Gasteiger partial charge in [-0.05, 0) is 57.2 Å². The van der Waals surface area contributed by atoms with E-state index in [-0.39, 0.29) is 16.6 Å². The molecule has 1 aliphatic heterocycles. The molecule has 2 rings (SSSR count). The van der Waals surface area contributed by atoms with Gasteiger partial charge in [-0.15, -0.1) is 0 Å². The van der Waals surface area contributed by atoms with Gasteiger partial charge in [0.15, 0.2) is 0 Å². The number of ether oxygens (including phenoxy) is 1. The third kappa shape index (κ3) is 4.76. The molecular formula is C19H30N2O4S. The van der Waals surface area contributed by atoms with Gasteiger partial charge in [0.2, 0.25) is 10.0 Å². The number of rotatable bonds is 4. The van der Waals surface area contributed by atoms with Crippen molar-refractivity contribution in [3.63, 3.8) is 0 Å². The maximum absolute atomic E-state index is 13.2. The van der Waals surface area contributed by atoms with Crippen molar-refractivity contribution < 1.29 is 17.9 Å². The molecule has 2 unspecified atom stereocenters. The predicted molar refractivity (Wildman–Crippen MR) is 102 cm³/mol. The van der Waals surface area contributed by atoms with Crippen LogP contribution in [0.4, 0.5) is 0 Å². The van der Waals surface area contributed by atoms with Crippen LogP contribution in [0.1, 0.15) is 51.4 Å². The summed E-state index contributed by atoms with van der Waals surface area (Å²) in [5.74, 6) is 0.541. The molecule has 146 valence electrons. The van der Waals surface area contributed by atoms with Crippen LogP contribution in [0.5, 0.6) is 5.75 Å². The first kappa shape index (κ1) is 20.7. The summed E-state index contributed by atoms with van der Waals surface area (Å²) in [6, 6.07) is 4.54. The van der Waals surface area contributed by atoms with Crippen molar-refractivity contribution in [1.82, 2.24) is 9.62 Å². The number of carbonyl (C=O) groups is 1. The van der Waals surface area contributed by atoms with Gasteiger partial charge >= 0.3 is 0 Å². The Morgan fingerprint density at radius 2 is 1.77 bits per heavy atom. The molecule has 1 saturated heterocycles. The van der Waals surface area contributed by atoms with Crippen molar-refractivity contribution in [2.24, 2.45) is 11.8 Å². The number of carbonyl (C=O) groups excluding carboxylic acids is 1. The van der Waals surface area contributed by atoms with E-state index in [1.165, 1.54) is 17.5 Å². The fourth-order valence-corrected chi connectivity index (χ4v) is 5.23. The lowest BCUT2D eigenvalue weighted by molar-refractivity contribution is 0.0919. The van der Waals surface area contributed by atoms with Gasteiger partial charge < -0.3 is 10.1 Å². The Kier molecular flexibility index (Phi) is 6.02. The molecule has 1 amide bonds. The Balaban J connectivity index is 2.43. The van der Waals surface area contributed by atoms with Crippen LogP contribution in [0.2, 0.25) is 0 Å². The molecule has 1 heterocycles. The quantitative estimate of drug-likeness (QED) is 0.869. The Hall–Kier alpha value is -1.60. The normalized spacial score (nSPS) is 22.1. The average Bonchev–Trinajstić information content (AvgIpc) is 2.51. The number of hydrogen-bond acceptors (Lipinski definition) is 4. The maximum Gasteiger partial charge on any atom is 0.251 e. The highest BCUT2D eigenvalue weighted by Gasteiger charge is 2.34.